The van der Waals surface area contributed by atoms with Crippen LogP contribution >= 0.6 is 0 Å². The van der Waals surface area contributed by atoms with Gasteiger partial charge in [-0.3, -0.25) is 0 Å². The van der Waals surface area contributed by atoms with Crippen molar-refractivity contribution < 1.29 is 100 Å². The molecule has 16 saturated carbocycles. The Bertz CT molecular complexity index is 4370. The van der Waals surface area contributed by atoms with Crippen LogP contribution in [-0.4, -0.2) is 130 Å². The van der Waals surface area contributed by atoms with Crippen molar-refractivity contribution in [1.29, 1.82) is 0 Å². The third-order valence-electron chi connectivity index (χ3n) is 36.3. The topological polar surface area (TPSA) is 272 Å². The van der Waals surface area contributed by atoms with E-state index in [9.17, 15) is 47.9 Å². The van der Waals surface area contributed by atoms with Gasteiger partial charge in [0.2, 0.25) is 0 Å². The fraction of sp³-hybridized carbons (Fsp3) is 0.780. The second-order valence-corrected chi connectivity index (χ2v) is 48.1. The highest BCUT2D eigenvalue weighted by Gasteiger charge is 2.71. The van der Waals surface area contributed by atoms with Crippen molar-refractivity contribution in [3.05, 3.63) is 97.2 Å². The van der Waals surface area contributed by atoms with Crippen LogP contribution < -0.4 is 0 Å². The molecule has 0 aromatic carbocycles. The third kappa shape index (κ3) is 27.6. The van der Waals surface area contributed by atoms with E-state index in [1.165, 1.54) is 167 Å². The molecule has 780 valence electrons. The van der Waals surface area contributed by atoms with Gasteiger partial charge in [-0.25, -0.2) is 47.9 Å². The lowest BCUT2D eigenvalue weighted by molar-refractivity contribution is -0.207. The van der Waals surface area contributed by atoms with Crippen LogP contribution in [0, 0.1) is 112 Å². The lowest BCUT2D eigenvalue weighted by Crippen LogP contribution is -2.58. The van der Waals surface area contributed by atoms with Crippen molar-refractivity contribution >= 4 is 59.7 Å². The molecule has 0 amide bonds. The van der Waals surface area contributed by atoms with E-state index < -0.39 is 29.5 Å². The summed E-state index contributed by atoms with van der Waals surface area (Å²) in [5, 5.41) is 0. The van der Waals surface area contributed by atoms with Gasteiger partial charge < -0.3 is 52.1 Å². The van der Waals surface area contributed by atoms with Crippen molar-refractivity contribution in [3.63, 3.8) is 0 Å². The standard InChI is InChI=1S/C19H28O2.C18H26O2.C17H24O4.C15H22O3.C14H24O2.C13H22O2.C12H20O2.C10H16O4/c1-10(2)18(20)21-19(11(3)4)9-14-8-15(19)17-13-6-5-12(7-13)16(14)17;1-4-18(20-17(19)10(2)3)9-13-8-14(18)16-12-6-5-11(7-12)15(13)16;1-10(2)16(19)20-9-15(18)21-17(3)13-5-11-4-12(7-13)8-14(17)6-11;1-10(2)14(16)18-15(7-3-4-8-15)12-9-11-5-6-13(12)17-11;1-4-14(16-13(15)12(2)3)10-8-6-5-7-9-11-14;1-10(2)12(14)15-13(11(3)4)8-6-5-7-9-13;1-4-12(8-6-5-7-9-12)14-11(13)10(2)3;1-7(2)9(12)13-6-8(11)14-10(3,4)5/h11-17H,1,5-9H2,2-4H3;11-16H,2,4-9H2,1,3H3;11-14H,1,4-9H2,2-3H3;11-13H,1,3-9H2,2H3;2,4-11H2,1,3H3;11H,1,5-9H2,2-4H3;2,4-9H2,1,3H3;1,6H2,2-5H3. The highest BCUT2D eigenvalue weighted by Crippen LogP contribution is 2.73. The zero-order chi connectivity index (χ0) is 102. The van der Waals surface area contributed by atoms with Crippen molar-refractivity contribution in [3.8, 4) is 0 Å². The largest absolute Gasteiger partial charge is 0.457 e. The first-order chi connectivity index (χ1) is 65.4. The van der Waals surface area contributed by atoms with Gasteiger partial charge in [0.15, 0.2) is 13.2 Å². The Kier molecular flexibility index (Phi) is 39.6. The van der Waals surface area contributed by atoms with Gasteiger partial charge >= 0.3 is 59.7 Å². The summed E-state index contributed by atoms with van der Waals surface area (Å²) in [6.45, 7) is 64.3. The average Bonchev–Trinajstić information content (AvgIpc) is 1.52. The summed E-state index contributed by atoms with van der Waals surface area (Å²) in [4.78, 5) is 116. The molecule has 0 aromatic heterocycles. The average molecular weight is 1940 g/mol. The first-order valence-corrected chi connectivity index (χ1v) is 54.4. The van der Waals surface area contributed by atoms with E-state index in [1.807, 2.05) is 0 Å². The molecule has 17 unspecified atom stereocenters. The van der Waals surface area contributed by atoms with Gasteiger partial charge in [-0.1, -0.05) is 133 Å². The van der Waals surface area contributed by atoms with Gasteiger partial charge in [0.25, 0.3) is 0 Å². The van der Waals surface area contributed by atoms with E-state index in [1.54, 1.807) is 69.2 Å². The highest BCUT2D eigenvalue weighted by atomic mass is 16.6. The first kappa shape index (κ1) is 114. The summed E-state index contributed by atoms with van der Waals surface area (Å²) in [6, 6.07) is 0. The molecule has 18 rings (SSSR count). The van der Waals surface area contributed by atoms with Crippen molar-refractivity contribution in [2.75, 3.05) is 13.2 Å². The Morgan fingerprint density at radius 1 is 0.345 bits per heavy atom. The predicted octanol–water partition coefficient (Wildman–Crippen LogP) is 26.1. The number of ether oxygens (including phenoxy) is 11. The number of hydrogen-bond acceptors (Lipinski definition) is 21. The molecular formula is C118H182O21. The van der Waals surface area contributed by atoms with E-state index in [2.05, 4.69) is 113 Å². The zero-order valence-electron chi connectivity index (χ0n) is 89.5. The van der Waals surface area contributed by atoms with E-state index in [4.69, 9.17) is 47.4 Å². The molecule has 18 aliphatic rings. The zero-order valence-corrected chi connectivity index (χ0v) is 89.5. The highest BCUT2D eigenvalue weighted by molar-refractivity contribution is 5.91. The molecule has 16 aliphatic carbocycles. The third-order valence-corrected chi connectivity index (χ3v) is 36.3. The lowest BCUT2D eigenvalue weighted by Gasteiger charge is -2.59. The maximum atomic E-state index is 12.2. The molecule has 2 saturated heterocycles. The Morgan fingerprint density at radius 2 is 0.719 bits per heavy atom. The van der Waals surface area contributed by atoms with Crippen LogP contribution in [0.1, 0.15) is 401 Å². The summed E-state index contributed by atoms with van der Waals surface area (Å²) < 4.78 is 61.1. The van der Waals surface area contributed by atoms with Gasteiger partial charge in [0, 0.05) is 62.3 Å². The molecule has 17 atom stereocenters. The molecule has 2 aliphatic heterocycles. The van der Waals surface area contributed by atoms with Gasteiger partial charge in [0.1, 0.15) is 44.8 Å². The van der Waals surface area contributed by atoms with Gasteiger partial charge in [-0.15, -0.1) is 0 Å². The minimum atomic E-state index is -0.587. The Morgan fingerprint density at radius 3 is 1.12 bits per heavy atom. The molecule has 2 heterocycles. The van der Waals surface area contributed by atoms with Crippen LogP contribution in [0.2, 0.25) is 0 Å². The van der Waals surface area contributed by atoms with Crippen LogP contribution in [0.4, 0.5) is 0 Å². The normalized spacial score (nSPS) is 33.3. The fourth-order valence-electron chi connectivity index (χ4n) is 29.3. The van der Waals surface area contributed by atoms with Crippen LogP contribution in [-0.2, 0) is 100 Å². The summed E-state index contributed by atoms with van der Waals surface area (Å²) >= 11 is 0. The lowest BCUT2D eigenvalue weighted by atomic mass is 9.50. The SMILES string of the molecule is C=C(C)C(=O)OC1(C(C)C)CC2CC1C1C3CCC(C3)C21.C=C(C)C(=O)OC1(C(C)C)CCCCC1.C=C(C)C(=O)OC1(C2CC3CCC2O3)CCCC1.C=C(C)C(=O)OC1(CC)CC2CC1C1C3CCC(C3)C21.C=C(C)C(=O)OC1(CC)CCCCC1.C=C(C)C(=O)OC1(CC)CCCCCCC1.C=C(C)C(=O)OCC(=O)OC(C)(C)C.C=C(C)C(=O)OCC(=O)OC1(C)C2CC3CC(C2)CC1C3. The number of fused-ring (bicyclic) bond motifs is 20. The molecule has 21 nitrogen and oxygen atoms in total. The minimum Gasteiger partial charge on any atom is -0.457 e. The van der Waals surface area contributed by atoms with Crippen LogP contribution in [0.5, 0.6) is 0 Å². The second kappa shape index (κ2) is 48.5. The van der Waals surface area contributed by atoms with E-state index >= 15 is 0 Å². The van der Waals surface area contributed by atoms with Gasteiger partial charge in [0.05, 0.1) is 12.2 Å². The molecule has 14 bridgehead atoms. The monoisotopic (exact) mass is 1940 g/mol. The molecule has 0 aromatic rings. The molecule has 21 heteroatoms. The quantitative estimate of drug-likeness (QED) is 0.0355. The maximum Gasteiger partial charge on any atom is 0.344 e. The molecule has 0 N–H and O–H groups in total. The van der Waals surface area contributed by atoms with Crippen molar-refractivity contribution in [2.24, 2.45) is 112 Å². The Labute approximate surface area is 836 Å². The van der Waals surface area contributed by atoms with Gasteiger partial charge in [-0.2, -0.15) is 0 Å². The summed E-state index contributed by atoms with van der Waals surface area (Å²) in [6.07, 6.45) is 50.5. The number of carbonyl (C=O) groups is 10. The predicted molar refractivity (Wildman–Crippen MR) is 542 cm³/mol. The summed E-state index contributed by atoms with van der Waals surface area (Å²) in [7, 11) is 0. The Balaban J connectivity index is 0.000000165. The van der Waals surface area contributed by atoms with Gasteiger partial charge in [-0.05, 0) is 415 Å². The minimum absolute atomic E-state index is 0.160. The van der Waals surface area contributed by atoms with Crippen LogP contribution in [0.3, 0.4) is 0 Å². The number of carbonyl (C=O) groups excluding carboxylic acids is 10. The number of hydrogen-bond donors (Lipinski definition) is 0. The molecule has 139 heavy (non-hydrogen) atoms. The van der Waals surface area contributed by atoms with E-state index in [0.717, 1.165) is 180 Å². The summed E-state index contributed by atoms with van der Waals surface area (Å²) in [5.74, 6) is 10.9. The van der Waals surface area contributed by atoms with Crippen LogP contribution in [0.25, 0.3) is 0 Å². The molecular weight excluding hydrogens is 1750 g/mol. The number of esters is 10. The summed E-state index contributed by atoms with van der Waals surface area (Å²) in [5.41, 5.74) is 1.49. The first-order valence-electron chi connectivity index (χ1n) is 54.4. The maximum absolute atomic E-state index is 12.2. The molecule has 0 spiro atoms. The van der Waals surface area contributed by atoms with Crippen molar-refractivity contribution in [2.45, 2.75) is 458 Å². The second-order valence-electron chi connectivity index (χ2n) is 48.1. The van der Waals surface area contributed by atoms with E-state index in [-0.39, 0.29) is 93.8 Å². The Hall–Kier alpha value is -7.42. The van der Waals surface area contributed by atoms with Crippen molar-refractivity contribution in [1.82, 2.24) is 0 Å². The molecule has 0 radical (unpaired) electrons. The van der Waals surface area contributed by atoms with E-state index in [0.29, 0.717) is 92.6 Å². The number of rotatable bonds is 25. The fourth-order valence-corrected chi connectivity index (χ4v) is 29.3. The van der Waals surface area contributed by atoms with Crippen LogP contribution in [0.15, 0.2) is 97.2 Å². The smallest absolute Gasteiger partial charge is 0.344 e. The molecule has 18 fully saturated rings.